The zero-order valence-corrected chi connectivity index (χ0v) is 19.3. The van der Waals surface area contributed by atoms with Gasteiger partial charge >= 0.3 is 5.97 Å². The predicted molar refractivity (Wildman–Crippen MR) is 127 cm³/mol. The fraction of sp³-hybridized carbons (Fsp3) is 0.0800. The Morgan fingerprint density at radius 3 is 2.47 bits per heavy atom. The third-order valence-corrected chi connectivity index (χ3v) is 5.76. The molecule has 1 aromatic heterocycles. The number of Topliss-reactive ketones (excluding diaryl/α,β-unsaturated/α-hetero) is 1. The number of benzene rings is 3. The number of carbonyl (C=O) groups excluding carboxylic acids is 2. The maximum atomic E-state index is 12.9. The average molecular weight is 511 g/mol. The van der Waals surface area contributed by atoms with E-state index in [0.29, 0.717) is 43.0 Å². The molecule has 0 saturated heterocycles. The third kappa shape index (κ3) is 4.66. The van der Waals surface area contributed by atoms with Crippen LogP contribution in [-0.2, 0) is 4.74 Å². The Hall–Kier alpha value is -3.22. The number of hydrogen-bond acceptors (Lipinski definition) is 5. The third-order valence-electron chi connectivity index (χ3n) is 4.88. The molecule has 0 aliphatic rings. The molecule has 0 aliphatic heterocycles. The molecule has 0 unspecified atom stereocenters. The van der Waals surface area contributed by atoms with Crippen LogP contribution < -0.4 is 4.74 Å². The summed E-state index contributed by atoms with van der Waals surface area (Å²) in [7, 11) is 1.54. The van der Waals surface area contributed by atoms with Gasteiger partial charge in [0.15, 0.2) is 12.4 Å². The first-order valence-electron chi connectivity index (χ1n) is 9.66. The molecule has 0 fully saturated rings. The minimum atomic E-state index is -0.597. The van der Waals surface area contributed by atoms with Crippen molar-refractivity contribution in [2.24, 2.45) is 0 Å². The number of carbonyl (C=O) groups is 2. The number of ether oxygens (including phenoxy) is 2. The van der Waals surface area contributed by atoms with Gasteiger partial charge in [-0.25, -0.2) is 9.78 Å². The van der Waals surface area contributed by atoms with Crippen molar-refractivity contribution >= 4 is 50.2 Å². The second kappa shape index (κ2) is 9.51. The maximum absolute atomic E-state index is 12.9. The van der Waals surface area contributed by atoms with Crippen molar-refractivity contribution in [2.45, 2.75) is 0 Å². The van der Waals surface area contributed by atoms with Gasteiger partial charge in [0.25, 0.3) is 0 Å². The lowest BCUT2D eigenvalue weighted by atomic mass is 10.0. The highest BCUT2D eigenvalue weighted by Crippen LogP contribution is 2.27. The molecule has 32 heavy (non-hydrogen) atoms. The molecule has 0 N–H and O–H groups in total. The van der Waals surface area contributed by atoms with Crippen LogP contribution in [0, 0.1) is 0 Å². The zero-order chi connectivity index (χ0) is 22.7. The number of hydrogen-bond donors (Lipinski definition) is 0. The standard InChI is InChI=1S/C25H17BrClNO4/c1-31-24-11-8-16(12-20(24)26)23(29)14-32-25(30)19-13-22(15-6-9-17(27)10-7-15)28-21-5-3-2-4-18(19)21/h2-13H,14H2,1H3. The Morgan fingerprint density at radius 2 is 1.75 bits per heavy atom. The molecule has 3 aromatic carbocycles. The molecule has 0 aliphatic carbocycles. The van der Waals surface area contributed by atoms with Crippen molar-refractivity contribution < 1.29 is 19.1 Å². The highest BCUT2D eigenvalue weighted by atomic mass is 79.9. The lowest BCUT2D eigenvalue weighted by Crippen LogP contribution is -2.15. The first-order valence-corrected chi connectivity index (χ1v) is 10.8. The van der Waals surface area contributed by atoms with Crippen LogP contribution >= 0.6 is 27.5 Å². The fourth-order valence-corrected chi connectivity index (χ4v) is 3.91. The summed E-state index contributed by atoms with van der Waals surface area (Å²) in [5.74, 6) is -0.311. The van der Waals surface area contributed by atoms with Crippen LogP contribution in [0.3, 0.4) is 0 Å². The van der Waals surface area contributed by atoms with Crippen molar-refractivity contribution in [1.82, 2.24) is 4.98 Å². The summed E-state index contributed by atoms with van der Waals surface area (Å²) in [4.78, 5) is 30.2. The number of esters is 1. The van der Waals surface area contributed by atoms with Gasteiger partial charge < -0.3 is 9.47 Å². The smallest absolute Gasteiger partial charge is 0.339 e. The van der Waals surface area contributed by atoms with Crippen LogP contribution in [-0.4, -0.2) is 30.5 Å². The van der Waals surface area contributed by atoms with Crippen LogP contribution in [0.25, 0.3) is 22.2 Å². The van der Waals surface area contributed by atoms with Crippen LogP contribution in [0.1, 0.15) is 20.7 Å². The van der Waals surface area contributed by atoms with Crippen molar-refractivity contribution in [3.63, 3.8) is 0 Å². The number of nitrogens with zero attached hydrogens (tertiary/aromatic N) is 1. The van der Waals surface area contributed by atoms with Gasteiger partial charge in [0, 0.05) is 21.5 Å². The van der Waals surface area contributed by atoms with Crippen LogP contribution in [0.4, 0.5) is 0 Å². The number of rotatable bonds is 6. The number of methoxy groups -OCH3 is 1. The molecular formula is C25H17BrClNO4. The molecule has 7 heteroatoms. The second-order valence-electron chi connectivity index (χ2n) is 6.93. The van der Waals surface area contributed by atoms with Crippen LogP contribution in [0.5, 0.6) is 5.75 Å². The Balaban J connectivity index is 1.60. The molecule has 160 valence electrons. The van der Waals surface area contributed by atoms with E-state index in [1.54, 1.807) is 49.6 Å². The summed E-state index contributed by atoms with van der Waals surface area (Å²) >= 11 is 9.34. The minimum Gasteiger partial charge on any atom is -0.496 e. The van der Waals surface area contributed by atoms with Gasteiger partial charge in [-0.3, -0.25) is 4.79 Å². The molecule has 0 amide bonds. The molecule has 5 nitrogen and oxygen atoms in total. The zero-order valence-electron chi connectivity index (χ0n) is 17.0. The van der Waals surface area contributed by atoms with Gasteiger partial charge in [-0.1, -0.05) is 41.9 Å². The largest absolute Gasteiger partial charge is 0.496 e. The highest BCUT2D eigenvalue weighted by Gasteiger charge is 2.17. The Kier molecular flexibility index (Phi) is 6.53. The SMILES string of the molecule is COc1ccc(C(=O)COC(=O)c2cc(-c3ccc(Cl)cc3)nc3ccccc23)cc1Br. The number of fused-ring (bicyclic) bond motifs is 1. The molecule has 0 bridgehead atoms. The Morgan fingerprint density at radius 1 is 1.00 bits per heavy atom. The maximum Gasteiger partial charge on any atom is 0.339 e. The van der Waals surface area contributed by atoms with Gasteiger partial charge in [0.1, 0.15) is 5.75 Å². The van der Waals surface area contributed by atoms with E-state index in [1.165, 1.54) is 0 Å². The number of pyridine rings is 1. The Bertz CT molecular complexity index is 1320. The lowest BCUT2D eigenvalue weighted by Gasteiger charge is -2.10. The number of aromatic nitrogens is 1. The van der Waals surface area contributed by atoms with E-state index in [-0.39, 0.29) is 12.4 Å². The van der Waals surface area contributed by atoms with E-state index in [9.17, 15) is 9.59 Å². The van der Waals surface area contributed by atoms with Gasteiger partial charge in [0.05, 0.1) is 28.4 Å². The number of ketones is 1. The monoisotopic (exact) mass is 509 g/mol. The summed E-state index contributed by atoms with van der Waals surface area (Å²) in [5.41, 5.74) is 2.82. The van der Waals surface area contributed by atoms with E-state index in [1.807, 2.05) is 30.3 Å². The quantitative estimate of drug-likeness (QED) is 0.223. The van der Waals surface area contributed by atoms with E-state index >= 15 is 0 Å². The summed E-state index contributed by atoms with van der Waals surface area (Å²) in [6.07, 6.45) is 0. The van der Waals surface area contributed by atoms with Gasteiger partial charge in [0.2, 0.25) is 0 Å². The van der Waals surface area contributed by atoms with Crippen LogP contribution in [0.2, 0.25) is 5.02 Å². The van der Waals surface area contributed by atoms with Gasteiger partial charge in [-0.15, -0.1) is 0 Å². The summed E-state index contributed by atoms with van der Waals surface area (Å²) in [6.45, 7) is -0.384. The van der Waals surface area contributed by atoms with Gasteiger partial charge in [-0.2, -0.15) is 0 Å². The topological polar surface area (TPSA) is 65.5 Å². The molecular weight excluding hydrogens is 494 g/mol. The highest BCUT2D eigenvalue weighted by molar-refractivity contribution is 9.10. The predicted octanol–water partition coefficient (Wildman–Crippen LogP) is 6.37. The van der Waals surface area contributed by atoms with Crippen molar-refractivity contribution in [3.8, 4) is 17.0 Å². The van der Waals surface area contributed by atoms with E-state index < -0.39 is 5.97 Å². The molecule has 1 heterocycles. The lowest BCUT2D eigenvalue weighted by molar-refractivity contribution is 0.0476. The summed E-state index contributed by atoms with van der Waals surface area (Å²) < 4.78 is 11.2. The minimum absolute atomic E-state index is 0.321. The van der Waals surface area contributed by atoms with Crippen molar-refractivity contribution in [2.75, 3.05) is 13.7 Å². The first-order chi connectivity index (χ1) is 15.5. The summed E-state index contributed by atoms with van der Waals surface area (Å²) in [5, 5.41) is 1.26. The van der Waals surface area contributed by atoms with E-state index in [0.717, 1.165) is 5.56 Å². The first kappa shape index (κ1) is 22.0. The average Bonchev–Trinajstić information content (AvgIpc) is 2.82. The number of para-hydroxylation sites is 1. The molecule has 0 saturated carbocycles. The molecule has 0 radical (unpaired) electrons. The molecule has 4 rings (SSSR count). The number of halogens is 2. The fourth-order valence-electron chi connectivity index (χ4n) is 3.24. The van der Waals surface area contributed by atoms with E-state index in [2.05, 4.69) is 20.9 Å². The summed E-state index contributed by atoms with van der Waals surface area (Å²) in [6, 6.07) is 21.1. The molecule has 4 aromatic rings. The second-order valence-corrected chi connectivity index (χ2v) is 8.22. The molecule has 0 spiro atoms. The normalized spacial score (nSPS) is 10.7. The van der Waals surface area contributed by atoms with Crippen molar-refractivity contribution in [1.29, 1.82) is 0 Å². The Labute approximate surface area is 198 Å². The van der Waals surface area contributed by atoms with Gasteiger partial charge in [-0.05, 0) is 58.4 Å². The van der Waals surface area contributed by atoms with Crippen LogP contribution in [0.15, 0.2) is 77.3 Å². The molecule has 0 atom stereocenters. The van der Waals surface area contributed by atoms with E-state index in [4.69, 9.17) is 21.1 Å². The van der Waals surface area contributed by atoms with Crippen molar-refractivity contribution in [3.05, 3.63) is 93.4 Å².